The molecule has 0 unspecified atom stereocenters. The van der Waals surface area contributed by atoms with Crippen molar-refractivity contribution < 1.29 is 26.4 Å². The molecule has 0 heterocycles. The predicted octanol–water partition coefficient (Wildman–Crippen LogP) is 3.60. The lowest BCUT2D eigenvalue weighted by Gasteiger charge is -2.29. The molecule has 3 nitrogen and oxygen atoms in total. The SMILES string of the molecule is CCCCCCCCOCCC[N+](C)(C)CCCOCCCCCCCC.[Cl-]. The molecule has 0 atom stereocenters. The number of hydrogen-bond donors (Lipinski definition) is 0. The summed E-state index contributed by atoms with van der Waals surface area (Å²) in [7, 11) is 4.67. The van der Waals surface area contributed by atoms with Gasteiger partial charge in [-0.1, -0.05) is 78.1 Å². The van der Waals surface area contributed by atoms with Crippen LogP contribution in [0.25, 0.3) is 0 Å². The normalized spacial score (nSPS) is 11.6. The fourth-order valence-electron chi connectivity index (χ4n) is 3.47. The van der Waals surface area contributed by atoms with E-state index in [0.29, 0.717) is 0 Å². The Morgan fingerprint density at radius 1 is 0.464 bits per heavy atom. The van der Waals surface area contributed by atoms with Gasteiger partial charge >= 0.3 is 0 Å². The lowest BCUT2D eigenvalue weighted by molar-refractivity contribution is -0.890. The van der Waals surface area contributed by atoms with Crippen molar-refractivity contribution in [1.29, 1.82) is 0 Å². The van der Waals surface area contributed by atoms with Crippen molar-refractivity contribution in [3.05, 3.63) is 0 Å². The fourth-order valence-corrected chi connectivity index (χ4v) is 3.47. The Bertz CT molecular complexity index is 262. The van der Waals surface area contributed by atoms with Gasteiger partial charge in [-0.2, -0.15) is 0 Å². The molecule has 4 heteroatoms. The van der Waals surface area contributed by atoms with E-state index >= 15 is 0 Å². The minimum atomic E-state index is 0. The Morgan fingerprint density at radius 2 is 0.786 bits per heavy atom. The van der Waals surface area contributed by atoms with Gasteiger partial charge in [0.05, 0.1) is 40.4 Å². The van der Waals surface area contributed by atoms with Gasteiger partial charge in [-0.05, 0) is 12.8 Å². The Hall–Kier alpha value is 0.170. The minimum absolute atomic E-state index is 0. The van der Waals surface area contributed by atoms with Crippen LogP contribution in [0.3, 0.4) is 0 Å². The highest BCUT2D eigenvalue weighted by Crippen LogP contribution is 2.07. The maximum absolute atomic E-state index is 5.81. The van der Waals surface area contributed by atoms with Crippen molar-refractivity contribution in [2.45, 2.75) is 104 Å². The molecule has 0 aromatic rings. The summed E-state index contributed by atoms with van der Waals surface area (Å²) < 4.78 is 12.7. The second-order valence-electron chi connectivity index (χ2n) is 8.85. The number of hydrogen-bond acceptors (Lipinski definition) is 2. The zero-order chi connectivity index (χ0) is 20.1. The summed E-state index contributed by atoms with van der Waals surface area (Å²) in [5.74, 6) is 0. The maximum Gasteiger partial charge on any atom is 0.0804 e. The molecule has 0 aliphatic carbocycles. The topological polar surface area (TPSA) is 18.5 Å². The molecule has 172 valence electrons. The van der Waals surface area contributed by atoms with Gasteiger partial charge in [0, 0.05) is 26.1 Å². The van der Waals surface area contributed by atoms with Crippen molar-refractivity contribution in [3.8, 4) is 0 Å². The molecule has 28 heavy (non-hydrogen) atoms. The van der Waals surface area contributed by atoms with Crippen LogP contribution in [0.5, 0.6) is 0 Å². The van der Waals surface area contributed by atoms with Gasteiger partial charge in [-0.25, -0.2) is 0 Å². The first kappa shape index (κ1) is 30.4. The van der Waals surface area contributed by atoms with Crippen molar-refractivity contribution in [1.82, 2.24) is 0 Å². The van der Waals surface area contributed by atoms with Crippen LogP contribution in [0.2, 0.25) is 0 Å². The second kappa shape index (κ2) is 23.4. The average Bonchev–Trinajstić information content (AvgIpc) is 2.64. The molecule has 0 bridgehead atoms. The van der Waals surface area contributed by atoms with E-state index in [-0.39, 0.29) is 12.4 Å². The molecule has 0 aliphatic heterocycles. The van der Waals surface area contributed by atoms with E-state index in [1.807, 2.05) is 0 Å². The molecule has 0 radical (unpaired) electrons. The van der Waals surface area contributed by atoms with Crippen LogP contribution < -0.4 is 12.4 Å². The largest absolute Gasteiger partial charge is 1.00 e. The quantitative estimate of drug-likeness (QED) is 0.196. The summed E-state index contributed by atoms with van der Waals surface area (Å²) in [6.07, 6.45) is 18.4. The first-order chi connectivity index (χ1) is 13.1. The standard InChI is InChI=1S/C24H52NO2.ClH/c1-5-7-9-11-13-15-21-26-23-17-19-25(3,4)20-18-24-27-22-16-14-12-10-8-6-2;/h5-24H2,1-4H3;1H/q+1;/p-1. The predicted molar refractivity (Wildman–Crippen MR) is 119 cm³/mol. The Morgan fingerprint density at radius 3 is 1.18 bits per heavy atom. The molecule has 0 saturated carbocycles. The Balaban J connectivity index is 0. The van der Waals surface area contributed by atoms with E-state index < -0.39 is 0 Å². The summed E-state index contributed by atoms with van der Waals surface area (Å²) in [5.41, 5.74) is 0. The average molecular weight is 422 g/mol. The molecular weight excluding hydrogens is 370 g/mol. The molecule has 0 fully saturated rings. The van der Waals surface area contributed by atoms with Gasteiger partial charge < -0.3 is 26.4 Å². The van der Waals surface area contributed by atoms with Gasteiger partial charge in [0.15, 0.2) is 0 Å². The number of rotatable bonds is 22. The molecule has 0 saturated heterocycles. The maximum atomic E-state index is 5.81. The lowest BCUT2D eigenvalue weighted by Crippen LogP contribution is -3.00. The third-order valence-corrected chi connectivity index (χ3v) is 5.39. The summed E-state index contributed by atoms with van der Waals surface area (Å²) >= 11 is 0. The molecular formula is C24H52ClNO2. The summed E-state index contributed by atoms with van der Waals surface area (Å²) in [6, 6.07) is 0. The van der Waals surface area contributed by atoms with Crippen LogP contribution in [0.1, 0.15) is 104 Å². The van der Waals surface area contributed by atoms with Crippen LogP contribution in [-0.2, 0) is 9.47 Å². The van der Waals surface area contributed by atoms with E-state index in [4.69, 9.17) is 9.47 Å². The highest BCUT2D eigenvalue weighted by atomic mass is 35.5. The van der Waals surface area contributed by atoms with Gasteiger partial charge in [-0.3, -0.25) is 0 Å². The van der Waals surface area contributed by atoms with Crippen LogP contribution in [0.15, 0.2) is 0 Å². The third kappa shape index (κ3) is 24.2. The Labute approximate surface area is 183 Å². The van der Waals surface area contributed by atoms with Crippen molar-refractivity contribution >= 4 is 0 Å². The number of unbranched alkanes of at least 4 members (excludes halogenated alkanes) is 10. The zero-order valence-electron chi connectivity index (χ0n) is 19.8. The minimum Gasteiger partial charge on any atom is -1.00 e. The summed E-state index contributed by atoms with van der Waals surface area (Å²) in [5, 5.41) is 0. The van der Waals surface area contributed by atoms with E-state index in [0.717, 1.165) is 30.9 Å². The molecule has 0 aromatic heterocycles. The van der Waals surface area contributed by atoms with Crippen molar-refractivity contribution in [2.75, 3.05) is 53.6 Å². The van der Waals surface area contributed by atoms with E-state index in [1.54, 1.807) is 0 Å². The molecule has 0 spiro atoms. The lowest BCUT2D eigenvalue weighted by atomic mass is 10.1. The fraction of sp³-hybridized carbons (Fsp3) is 1.00. The van der Waals surface area contributed by atoms with Crippen LogP contribution in [-0.4, -0.2) is 58.1 Å². The number of quaternary nitrogens is 1. The first-order valence-corrected chi connectivity index (χ1v) is 12.1. The van der Waals surface area contributed by atoms with Gasteiger partial charge in [0.25, 0.3) is 0 Å². The van der Waals surface area contributed by atoms with E-state index in [2.05, 4.69) is 27.9 Å². The highest BCUT2D eigenvalue weighted by Gasteiger charge is 2.13. The molecule has 0 aliphatic rings. The van der Waals surface area contributed by atoms with Crippen LogP contribution >= 0.6 is 0 Å². The number of halogens is 1. The van der Waals surface area contributed by atoms with Crippen LogP contribution in [0, 0.1) is 0 Å². The smallest absolute Gasteiger partial charge is 0.0804 e. The number of nitrogens with zero attached hydrogens (tertiary/aromatic N) is 1. The van der Waals surface area contributed by atoms with Crippen molar-refractivity contribution in [3.63, 3.8) is 0 Å². The van der Waals surface area contributed by atoms with Gasteiger partial charge in [-0.15, -0.1) is 0 Å². The zero-order valence-corrected chi connectivity index (χ0v) is 20.5. The molecule has 0 aromatic carbocycles. The van der Waals surface area contributed by atoms with Crippen LogP contribution in [0.4, 0.5) is 0 Å². The van der Waals surface area contributed by atoms with E-state index in [1.165, 1.54) is 103 Å². The van der Waals surface area contributed by atoms with E-state index in [9.17, 15) is 0 Å². The highest BCUT2D eigenvalue weighted by molar-refractivity contribution is 4.46. The summed E-state index contributed by atoms with van der Waals surface area (Å²) in [4.78, 5) is 0. The third-order valence-electron chi connectivity index (χ3n) is 5.39. The molecule has 0 amide bonds. The number of ether oxygens (including phenoxy) is 2. The van der Waals surface area contributed by atoms with Gasteiger partial charge in [0.2, 0.25) is 0 Å². The molecule has 0 rings (SSSR count). The Kier molecular flexibility index (Phi) is 25.4. The monoisotopic (exact) mass is 421 g/mol. The van der Waals surface area contributed by atoms with Gasteiger partial charge in [0.1, 0.15) is 0 Å². The first-order valence-electron chi connectivity index (χ1n) is 12.1. The second-order valence-corrected chi connectivity index (χ2v) is 8.85. The van der Waals surface area contributed by atoms with Crippen molar-refractivity contribution in [2.24, 2.45) is 0 Å². The molecule has 0 N–H and O–H groups in total. The summed E-state index contributed by atoms with van der Waals surface area (Å²) in [6.45, 7) is 10.7.